The van der Waals surface area contributed by atoms with Gasteiger partial charge in [0.1, 0.15) is 11.3 Å². The fraction of sp³-hybridized carbons (Fsp3) is 0.308. The highest BCUT2D eigenvalue weighted by Crippen LogP contribution is 2.36. The second-order valence-corrected chi connectivity index (χ2v) is 9.76. The van der Waals surface area contributed by atoms with Crippen molar-refractivity contribution in [3.05, 3.63) is 79.8 Å². The number of anilines is 2. The number of aryl methyl sites for hydroxylation is 5. The van der Waals surface area contributed by atoms with Crippen LogP contribution in [0.4, 0.5) is 11.4 Å². The van der Waals surface area contributed by atoms with Gasteiger partial charge < -0.3 is 9.47 Å². The van der Waals surface area contributed by atoms with Crippen molar-refractivity contribution in [2.75, 3.05) is 11.9 Å². The van der Waals surface area contributed by atoms with Crippen molar-refractivity contribution >= 4 is 45.1 Å². The van der Waals surface area contributed by atoms with Crippen LogP contribution in [0.5, 0.6) is 0 Å². The topological polar surface area (TPSA) is 34.0 Å². The van der Waals surface area contributed by atoms with Gasteiger partial charge in [0, 0.05) is 34.1 Å². The van der Waals surface area contributed by atoms with Crippen molar-refractivity contribution in [1.82, 2.24) is 14.5 Å². The predicted octanol–water partition coefficient (Wildman–Crippen LogP) is 6.13. The molecule has 0 amide bonds. The third-order valence-corrected chi connectivity index (χ3v) is 7.00. The Labute approximate surface area is 197 Å². The standard InChI is InChI=1S/C26H27IN4/c1-5-24-29-25-16(2)12-17(3)28-26(25)31(24)15-18-6-10-22-19(13-18)7-8-20-14-21(27)9-11-23(20)30(22)4/h6,9-14H,5,7-8,15H2,1-4H3. The van der Waals surface area contributed by atoms with E-state index in [9.17, 15) is 0 Å². The number of benzene rings is 2. The maximum absolute atomic E-state index is 4.91. The summed E-state index contributed by atoms with van der Waals surface area (Å²) in [6.07, 6.45) is 3.03. The van der Waals surface area contributed by atoms with Gasteiger partial charge >= 0.3 is 0 Å². The molecule has 0 saturated heterocycles. The Balaban J connectivity index is 1.54. The number of fused-ring (bicyclic) bond motifs is 3. The number of pyridine rings is 1. The van der Waals surface area contributed by atoms with Crippen LogP contribution < -0.4 is 4.90 Å². The third-order valence-electron chi connectivity index (χ3n) is 6.33. The molecule has 0 aliphatic carbocycles. The number of hydrogen-bond donors (Lipinski definition) is 0. The zero-order valence-corrected chi connectivity index (χ0v) is 20.7. The molecular weight excluding hydrogens is 495 g/mol. The molecule has 1 aliphatic rings. The number of halogens is 1. The molecule has 1 aliphatic heterocycles. The molecule has 0 fully saturated rings. The normalized spacial score (nSPS) is 13.3. The van der Waals surface area contributed by atoms with Crippen molar-refractivity contribution in [3.63, 3.8) is 0 Å². The molecule has 0 unspecified atom stereocenters. The van der Waals surface area contributed by atoms with Crippen molar-refractivity contribution in [2.45, 2.75) is 46.6 Å². The summed E-state index contributed by atoms with van der Waals surface area (Å²) < 4.78 is 3.60. The molecule has 2 aromatic carbocycles. The Hall–Kier alpha value is -2.41. The lowest BCUT2D eigenvalue weighted by Crippen LogP contribution is -2.12. The fourth-order valence-electron chi connectivity index (χ4n) is 4.81. The summed E-state index contributed by atoms with van der Waals surface area (Å²) in [5.74, 6) is 1.10. The first-order valence-electron chi connectivity index (χ1n) is 10.9. The van der Waals surface area contributed by atoms with E-state index in [1.165, 1.54) is 37.2 Å². The van der Waals surface area contributed by atoms with Gasteiger partial charge in [0.2, 0.25) is 0 Å². The summed E-state index contributed by atoms with van der Waals surface area (Å²) in [6.45, 7) is 7.17. The molecule has 158 valence electrons. The second-order valence-electron chi connectivity index (χ2n) is 8.52. The molecule has 4 nitrogen and oxygen atoms in total. The highest BCUT2D eigenvalue weighted by atomic mass is 127. The maximum atomic E-state index is 4.91. The SMILES string of the molecule is CCc1nc2c(C)cc(C)nc2n1Cc1ccc2c(c1)CCc1cc(I)ccc1N2C. The first-order valence-corrected chi connectivity index (χ1v) is 12.0. The predicted molar refractivity (Wildman–Crippen MR) is 137 cm³/mol. The number of rotatable bonds is 3. The molecule has 0 saturated carbocycles. The lowest BCUT2D eigenvalue weighted by molar-refractivity contribution is 0.744. The summed E-state index contributed by atoms with van der Waals surface area (Å²) in [6, 6.07) is 15.8. The van der Waals surface area contributed by atoms with Crippen molar-refractivity contribution in [2.24, 2.45) is 0 Å². The lowest BCUT2D eigenvalue weighted by Gasteiger charge is -2.22. The van der Waals surface area contributed by atoms with Crippen LogP contribution >= 0.6 is 22.6 Å². The first kappa shape index (κ1) is 20.5. The first-order chi connectivity index (χ1) is 14.9. The number of aromatic nitrogens is 3. The van der Waals surface area contributed by atoms with Crippen molar-refractivity contribution in [3.8, 4) is 0 Å². The summed E-state index contributed by atoms with van der Waals surface area (Å²) in [5, 5.41) is 0. The van der Waals surface area contributed by atoms with Crippen LogP contribution in [-0.2, 0) is 25.8 Å². The fourth-order valence-corrected chi connectivity index (χ4v) is 5.37. The van der Waals surface area contributed by atoms with E-state index in [1.54, 1.807) is 0 Å². The van der Waals surface area contributed by atoms with E-state index < -0.39 is 0 Å². The van der Waals surface area contributed by atoms with Crippen molar-refractivity contribution in [1.29, 1.82) is 0 Å². The second kappa shape index (κ2) is 7.93. The minimum Gasteiger partial charge on any atom is -0.344 e. The third kappa shape index (κ3) is 3.63. The van der Waals surface area contributed by atoms with Gasteiger partial charge in [0.05, 0.1) is 6.54 Å². The number of nitrogens with zero attached hydrogens (tertiary/aromatic N) is 4. The Morgan fingerprint density at radius 2 is 1.65 bits per heavy atom. The molecule has 3 heterocycles. The minimum absolute atomic E-state index is 0.803. The molecule has 4 aromatic rings. The van der Waals surface area contributed by atoms with Gasteiger partial charge in [-0.15, -0.1) is 0 Å². The van der Waals surface area contributed by atoms with E-state index in [1.807, 2.05) is 0 Å². The average molecular weight is 522 g/mol. The van der Waals surface area contributed by atoms with E-state index in [2.05, 4.69) is 102 Å². The Morgan fingerprint density at radius 3 is 2.39 bits per heavy atom. The van der Waals surface area contributed by atoms with Gasteiger partial charge in [-0.05, 0) is 102 Å². The van der Waals surface area contributed by atoms with Crippen molar-refractivity contribution < 1.29 is 0 Å². The maximum Gasteiger partial charge on any atom is 0.160 e. The van der Waals surface area contributed by atoms with Crippen LogP contribution in [0.2, 0.25) is 0 Å². The highest BCUT2D eigenvalue weighted by Gasteiger charge is 2.19. The monoisotopic (exact) mass is 522 g/mol. The largest absolute Gasteiger partial charge is 0.344 e. The summed E-state index contributed by atoms with van der Waals surface area (Å²) in [4.78, 5) is 12.1. The zero-order valence-electron chi connectivity index (χ0n) is 18.5. The van der Waals surface area contributed by atoms with Crippen LogP contribution in [0.25, 0.3) is 11.2 Å². The Morgan fingerprint density at radius 1 is 0.935 bits per heavy atom. The molecule has 5 rings (SSSR count). The van der Waals surface area contributed by atoms with E-state index in [-0.39, 0.29) is 0 Å². The molecule has 0 atom stereocenters. The average Bonchev–Trinajstić information content (AvgIpc) is 3.03. The van der Waals surface area contributed by atoms with Crippen LogP contribution in [0.15, 0.2) is 42.5 Å². The highest BCUT2D eigenvalue weighted by molar-refractivity contribution is 14.1. The molecule has 0 radical (unpaired) electrons. The van der Waals surface area contributed by atoms with Crippen LogP contribution in [0, 0.1) is 17.4 Å². The Bertz CT molecular complexity index is 1300. The lowest BCUT2D eigenvalue weighted by atomic mass is 10.0. The van der Waals surface area contributed by atoms with Gasteiger partial charge in [-0.3, -0.25) is 0 Å². The molecule has 0 spiro atoms. The summed E-state index contributed by atoms with van der Waals surface area (Å²) in [7, 11) is 2.18. The minimum atomic E-state index is 0.803. The van der Waals surface area contributed by atoms with Crippen LogP contribution in [-0.4, -0.2) is 21.6 Å². The molecule has 5 heteroatoms. The smallest absolute Gasteiger partial charge is 0.160 e. The molecular formula is C26H27IN4. The molecule has 0 N–H and O–H groups in total. The zero-order chi connectivity index (χ0) is 21.7. The van der Waals surface area contributed by atoms with Gasteiger partial charge in [0.15, 0.2) is 5.65 Å². The van der Waals surface area contributed by atoms with E-state index in [0.29, 0.717) is 0 Å². The van der Waals surface area contributed by atoms with E-state index in [4.69, 9.17) is 9.97 Å². The van der Waals surface area contributed by atoms with Gasteiger partial charge in [-0.1, -0.05) is 19.1 Å². The van der Waals surface area contributed by atoms with E-state index >= 15 is 0 Å². The van der Waals surface area contributed by atoms with Gasteiger partial charge in [-0.2, -0.15) is 0 Å². The summed E-state index contributed by atoms with van der Waals surface area (Å²) >= 11 is 2.41. The number of imidazole rings is 1. The van der Waals surface area contributed by atoms with Crippen LogP contribution in [0.3, 0.4) is 0 Å². The van der Waals surface area contributed by atoms with Crippen LogP contribution in [0.1, 0.15) is 40.7 Å². The molecule has 0 bridgehead atoms. The summed E-state index contributed by atoms with van der Waals surface area (Å²) in [5.41, 5.74) is 11.0. The van der Waals surface area contributed by atoms with Gasteiger partial charge in [0.25, 0.3) is 0 Å². The molecule has 2 aromatic heterocycles. The quantitative estimate of drug-likeness (QED) is 0.304. The molecule has 31 heavy (non-hydrogen) atoms. The van der Waals surface area contributed by atoms with Gasteiger partial charge in [-0.25, -0.2) is 9.97 Å². The Kier molecular flexibility index (Phi) is 5.24. The number of hydrogen-bond acceptors (Lipinski definition) is 3. The van der Waals surface area contributed by atoms with E-state index in [0.717, 1.165) is 48.5 Å².